The summed E-state index contributed by atoms with van der Waals surface area (Å²) in [6, 6.07) is 11.4. The van der Waals surface area contributed by atoms with Gasteiger partial charge in [0.05, 0.1) is 18.4 Å². The smallest absolute Gasteiger partial charge is 0.254 e. The van der Waals surface area contributed by atoms with Gasteiger partial charge in [-0.15, -0.1) is 10.2 Å². The van der Waals surface area contributed by atoms with Crippen LogP contribution in [0.15, 0.2) is 42.6 Å². The van der Waals surface area contributed by atoms with Crippen LogP contribution in [0.5, 0.6) is 5.75 Å². The zero-order valence-corrected chi connectivity index (χ0v) is 21.1. The van der Waals surface area contributed by atoms with Crippen LogP contribution in [-0.2, 0) is 0 Å². The van der Waals surface area contributed by atoms with Crippen LogP contribution in [0.2, 0.25) is 0 Å². The number of piperidine rings is 1. The van der Waals surface area contributed by atoms with Crippen LogP contribution in [0.4, 0.5) is 16.0 Å². The molecule has 0 bridgehead atoms. The van der Waals surface area contributed by atoms with E-state index in [1.54, 1.807) is 24.3 Å². The monoisotopic (exact) mass is 515 g/mol. The first-order valence-corrected chi connectivity index (χ1v) is 12.0. The number of hydrogen-bond acceptors (Lipinski definition) is 9. The number of carbonyl (C=O) groups is 1. The first kappa shape index (κ1) is 24.9. The molecule has 1 amide bonds. The molecule has 1 unspecified atom stereocenters. The third-order valence-electron chi connectivity index (χ3n) is 6.83. The van der Waals surface area contributed by atoms with Gasteiger partial charge in [-0.2, -0.15) is 14.9 Å². The summed E-state index contributed by atoms with van der Waals surface area (Å²) in [5, 5.41) is 25.2. The maximum atomic E-state index is 14.7. The van der Waals surface area contributed by atoms with Crippen LogP contribution in [0.1, 0.15) is 36.3 Å². The fourth-order valence-corrected chi connectivity index (χ4v) is 4.75. The van der Waals surface area contributed by atoms with Crippen LogP contribution < -0.4 is 20.7 Å². The summed E-state index contributed by atoms with van der Waals surface area (Å²) in [7, 11) is 1.50. The number of hydrogen-bond donors (Lipinski definition) is 2. The van der Waals surface area contributed by atoms with E-state index in [9.17, 15) is 9.18 Å². The number of rotatable bonds is 6. The van der Waals surface area contributed by atoms with Crippen molar-refractivity contribution in [2.45, 2.75) is 26.3 Å². The van der Waals surface area contributed by atoms with Gasteiger partial charge in [0.2, 0.25) is 0 Å². The molecule has 1 aromatic carbocycles. The Morgan fingerprint density at radius 1 is 1.26 bits per heavy atom. The van der Waals surface area contributed by atoms with Crippen LogP contribution in [-0.4, -0.2) is 56.9 Å². The van der Waals surface area contributed by atoms with Gasteiger partial charge >= 0.3 is 0 Å². The molecule has 3 aromatic heterocycles. The minimum Gasteiger partial charge on any atom is -0.497 e. The largest absolute Gasteiger partial charge is 0.497 e. The molecular formula is C26H26FN9O2. The predicted molar refractivity (Wildman–Crippen MR) is 138 cm³/mol. The maximum Gasteiger partial charge on any atom is 0.254 e. The molecule has 0 saturated carbocycles. The lowest BCUT2D eigenvalue weighted by molar-refractivity contribution is 0.1000. The third kappa shape index (κ3) is 4.54. The number of aromatic nitrogens is 5. The zero-order chi connectivity index (χ0) is 27.0. The molecule has 1 aliphatic heterocycles. The van der Waals surface area contributed by atoms with Crippen LogP contribution in [0.3, 0.4) is 0 Å². The van der Waals surface area contributed by atoms with E-state index in [-0.39, 0.29) is 28.3 Å². The second-order valence-electron chi connectivity index (χ2n) is 9.81. The number of fused-ring (bicyclic) bond motifs is 1. The number of benzene rings is 1. The van der Waals surface area contributed by atoms with E-state index in [1.165, 1.54) is 30.0 Å². The molecule has 0 aliphatic carbocycles. The molecule has 0 spiro atoms. The molecule has 4 heterocycles. The minimum atomic E-state index is -0.658. The lowest BCUT2D eigenvalue weighted by Gasteiger charge is -2.45. The number of carbonyl (C=O) groups excluding carboxylic acids is 1. The van der Waals surface area contributed by atoms with Crippen LogP contribution >= 0.6 is 0 Å². The first-order chi connectivity index (χ1) is 18.2. The third-order valence-corrected chi connectivity index (χ3v) is 6.83. The number of nitrogens with zero attached hydrogens (tertiary/aromatic N) is 7. The number of ether oxygens (including phenoxy) is 1. The average molecular weight is 516 g/mol. The number of anilines is 2. The Labute approximate surface area is 218 Å². The lowest BCUT2D eigenvalue weighted by atomic mass is 9.79. The summed E-state index contributed by atoms with van der Waals surface area (Å²) < 4.78 is 21.4. The van der Waals surface area contributed by atoms with Crippen molar-refractivity contribution in [2.24, 2.45) is 11.1 Å². The number of nitrogens with one attached hydrogen (secondary N) is 1. The standard InChI is InChI=1S/C26H26FN9O2/c1-26(2)14-35(22-7-4-15(12-28)32-33-22)9-8-21(26)31-25-18(24(29)37)13-30-23-11-20(34-36(23)25)17-10-16(38-3)5-6-19(17)27/h4-7,10-11,13,21,31H,8-9,14H2,1-3H3,(H2,29,37). The van der Waals surface area contributed by atoms with Gasteiger partial charge in [-0.3, -0.25) is 4.79 Å². The van der Waals surface area contributed by atoms with Gasteiger partial charge in [0.25, 0.3) is 5.91 Å². The Bertz CT molecular complexity index is 1560. The molecule has 1 fully saturated rings. The van der Waals surface area contributed by atoms with Crippen molar-refractivity contribution < 1.29 is 13.9 Å². The molecule has 38 heavy (non-hydrogen) atoms. The van der Waals surface area contributed by atoms with Gasteiger partial charge in [0.15, 0.2) is 17.2 Å². The molecule has 3 N–H and O–H groups in total. The summed E-state index contributed by atoms with van der Waals surface area (Å²) in [5.41, 5.74) is 6.87. The number of nitriles is 1. The summed E-state index contributed by atoms with van der Waals surface area (Å²) in [6.45, 7) is 5.53. The Morgan fingerprint density at radius 2 is 2.08 bits per heavy atom. The number of amides is 1. The predicted octanol–water partition coefficient (Wildman–Crippen LogP) is 3.02. The van der Waals surface area contributed by atoms with Gasteiger partial charge < -0.3 is 20.7 Å². The van der Waals surface area contributed by atoms with Crippen molar-refractivity contribution in [2.75, 3.05) is 30.4 Å². The summed E-state index contributed by atoms with van der Waals surface area (Å²) >= 11 is 0. The SMILES string of the molecule is COc1ccc(F)c(-c2cc3ncc(C(N)=O)c(NC4CCN(c5ccc(C#N)nn5)CC4(C)C)n3n2)c1. The van der Waals surface area contributed by atoms with E-state index in [0.717, 1.165) is 0 Å². The Kier molecular flexibility index (Phi) is 6.28. The molecular weight excluding hydrogens is 489 g/mol. The topological polar surface area (TPSA) is 147 Å². The molecule has 194 valence electrons. The molecule has 5 rings (SSSR count). The van der Waals surface area contributed by atoms with Gasteiger partial charge in [-0.25, -0.2) is 9.37 Å². The number of halogens is 1. The highest BCUT2D eigenvalue weighted by atomic mass is 19.1. The highest BCUT2D eigenvalue weighted by molar-refractivity contribution is 5.97. The van der Waals surface area contributed by atoms with Gasteiger partial charge in [-0.05, 0) is 36.8 Å². The highest BCUT2D eigenvalue weighted by Crippen LogP contribution is 2.35. The van der Waals surface area contributed by atoms with Crippen molar-refractivity contribution >= 4 is 23.2 Å². The fourth-order valence-electron chi connectivity index (χ4n) is 4.75. The molecule has 1 aliphatic rings. The van der Waals surface area contributed by atoms with E-state index in [4.69, 9.17) is 15.7 Å². The Balaban J connectivity index is 1.48. The molecule has 0 radical (unpaired) electrons. The van der Waals surface area contributed by atoms with E-state index in [2.05, 4.69) is 44.3 Å². The number of nitrogens with two attached hydrogens (primary N) is 1. The Hall–Kier alpha value is -4.79. The molecule has 1 saturated heterocycles. The van der Waals surface area contributed by atoms with Crippen LogP contribution in [0.25, 0.3) is 16.9 Å². The van der Waals surface area contributed by atoms with Gasteiger partial charge in [0.1, 0.15) is 23.5 Å². The van der Waals surface area contributed by atoms with Crippen LogP contribution in [0, 0.1) is 22.6 Å². The molecule has 4 aromatic rings. The molecule has 11 nitrogen and oxygen atoms in total. The van der Waals surface area contributed by atoms with Crippen molar-refractivity contribution in [3.63, 3.8) is 0 Å². The Morgan fingerprint density at radius 3 is 2.74 bits per heavy atom. The zero-order valence-electron chi connectivity index (χ0n) is 21.1. The summed E-state index contributed by atoms with van der Waals surface area (Å²) in [6.07, 6.45) is 2.11. The van der Waals surface area contributed by atoms with E-state index < -0.39 is 11.7 Å². The van der Waals surface area contributed by atoms with Gasteiger partial charge in [0, 0.05) is 42.4 Å². The first-order valence-electron chi connectivity index (χ1n) is 12.0. The maximum absolute atomic E-state index is 14.7. The van der Waals surface area contributed by atoms with E-state index in [1.807, 2.05) is 6.07 Å². The molecule has 1 atom stereocenters. The summed E-state index contributed by atoms with van der Waals surface area (Å²) in [4.78, 5) is 18.8. The minimum absolute atomic E-state index is 0.0741. The summed E-state index contributed by atoms with van der Waals surface area (Å²) in [5.74, 6) is 0.453. The average Bonchev–Trinajstić information content (AvgIpc) is 3.34. The number of methoxy groups -OCH3 is 1. The highest BCUT2D eigenvalue weighted by Gasteiger charge is 2.37. The van der Waals surface area contributed by atoms with E-state index >= 15 is 0 Å². The lowest BCUT2D eigenvalue weighted by Crippen LogP contribution is -2.52. The quantitative estimate of drug-likeness (QED) is 0.395. The second-order valence-corrected chi connectivity index (χ2v) is 9.81. The van der Waals surface area contributed by atoms with Crippen molar-refractivity contribution in [3.8, 4) is 23.1 Å². The van der Waals surface area contributed by atoms with Crippen molar-refractivity contribution in [1.29, 1.82) is 5.26 Å². The van der Waals surface area contributed by atoms with Gasteiger partial charge in [-0.1, -0.05) is 13.8 Å². The van der Waals surface area contributed by atoms with E-state index in [0.29, 0.717) is 48.2 Å². The molecule has 12 heteroatoms. The van der Waals surface area contributed by atoms with Crippen molar-refractivity contribution in [1.82, 2.24) is 24.8 Å². The van der Waals surface area contributed by atoms with Crippen molar-refractivity contribution in [3.05, 3.63) is 59.7 Å². The normalized spacial score (nSPS) is 16.7. The fraction of sp³-hybridized carbons (Fsp3) is 0.308. The number of primary amides is 1. The second kappa shape index (κ2) is 9.59.